The Morgan fingerprint density at radius 1 is 1.09 bits per heavy atom. The van der Waals surface area contributed by atoms with Crippen molar-refractivity contribution in [1.29, 1.82) is 0 Å². The number of hydrogen-bond donors (Lipinski definition) is 3. The van der Waals surface area contributed by atoms with Crippen LogP contribution in [-0.2, 0) is 0 Å². The molecule has 5 nitrogen and oxygen atoms in total. The van der Waals surface area contributed by atoms with Gasteiger partial charge in [-0.1, -0.05) is 43.1 Å². The fourth-order valence-electron chi connectivity index (χ4n) is 4.23. The highest BCUT2D eigenvalue weighted by molar-refractivity contribution is 6.37. The Hall–Kier alpha value is -2.34. The number of phenols is 1. The number of ketones is 1. The molecule has 1 heterocycles. The molecule has 0 bridgehead atoms. The van der Waals surface area contributed by atoms with E-state index in [1.165, 1.54) is 0 Å². The molecular weight excluding hydrogens is 445 g/mol. The summed E-state index contributed by atoms with van der Waals surface area (Å²) in [7, 11) is 0. The third-order valence-electron chi connectivity index (χ3n) is 6.13. The van der Waals surface area contributed by atoms with Crippen molar-refractivity contribution in [2.45, 2.75) is 51.6 Å². The first-order valence-corrected chi connectivity index (χ1v) is 11.7. The minimum Gasteiger partial charge on any atom is -0.505 e. The van der Waals surface area contributed by atoms with Crippen molar-refractivity contribution in [2.24, 2.45) is 11.7 Å². The number of rotatable bonds is 5. The summed E-state index contributed by atoms with van der Waals surface area (Å²) in [5.41, 5.74) is 9.93. The summed E-state index contributed by atoms with van der Waals surface area (Å²) in [4.78, 5) is 17.6. The molecule has 4 rings (SSSR count). The lowest BCUT2D eigenvalue weighted by Gasteiger charge is -2.29. The minimum atomic E-state index is -0.146. The highest BCUT2D eigenvalue weighted by Gasteiger charge is 2.23. The van der Waals surface area contributed by atoms with Gasteiger partial charge in [0.1, 0.15) is 0 Å². The van der Waals surface area contributed by atoms with E-state index in [4.69, 9.17) is 28.9 Å². The average molecular weight is 472 g/mol. The molecule has 1 aliphatic rings. The lowest BCUT2D eigenvalue weighted by Crippen LogP contribution is -2.33. The molecule has 1 aliphatic carbocycles. The van der Waals surface area contributed by atoms with Crippen molar-refractivity contribution in [3.8, 4) is 16.9 Å². The van der Waals surface area contributed by atoms with E-state index in [0.29, 0.717) is 5.56 Å². The topological polar surface area (TPSA) is 88.2 Å². The van der Waals surface area contributed by atoms with Crippen LogP contribution in [0.4, 0.5) is 5.69 Å². The molecule has 32 heavy (non-hydrogen) atoms. The minimum absolute atomic E-state index is 0.0514. The van der Waals surface area contributed by atoms with E-state index in [-0.39, 0.29) is 39.6 Å². The van der Waals surface area contributed by atoms with Crippen LogP contribution in [-0.4, -0.2) is 28.0 Å². The first-order valence-electron chi connectivity index (χ1n) is 10.9. The Morgan fingerprint density at radius 2 is 1.75 bits per heavy atom. The van der Waals surface area contributed by atoms with Gasteiger partial charge in [0.2, 0.25) is 0 Å². The monoisotopic (exact) mass is 471 g/mol. The number of carbonyl (C=O) groups is 1. The Kier molecular flexibility index (Phi) is 6.61. The summed E-state index contributed by atoms with van der Waals surface area (Å²) in [6.07, 6.45) is 5.52. The Labute approximate surface area is 197 Å². The van der Waals surface area contributed by atoms with E-state index in [1.807, 2.05) is 32.0 Å². The highest BCUT2D eigenvalue weighted by atomic mass is 35.5. The first kappa shape index (κ1) is 22.8. The maximum absolute atomic E-state index is 13.0. The lowest BCUT2D eigenvalue weighted by molar-refractivity contribution is 0.0940. The average Bonchev–Trinajstić information content (AvgIpc) is 2.78. The van der Waals surface area contributed by atoms with Gasteiger partial charge in [0.15, 0.2) is 11.5 Å². The lowest BCUT2D eigenvalue weighted by atomic mass is 9.90. The molecule has 168 valence electrons. The van der Waals surface area contributed by atoms with Crippen LogP contribution in [0.1, 0.15) is 49.9 Å². The van der Waals surface area contributed by atoms with Crippen LogP contribution in [0.2, 0.25) is 10.0 Å². The van der Waals surface area contributed by atoms with Gasteiger partial charge in [-0.3, -0.25) is 9.78 Å². The molecule has 7 heteroatoms. The molecule has 1 saturated carbocycles. The number of pyridine rings is 1. The van der Waals surface area contributed by atoms with E-state index in [2.05, 4.69) is 10.3 Å². The van der Waals surface area contributed by atoms with Gasteiger partial charge in [-0.2, -0.15) is 0 Å². The van der Waals surface area contributed by atoms with Crippen molar-refractivity contribution in [1.82, 2.24) is 4.98 Å². The Balaban J connectivity index is 1.85. The zero-order valence-electron chi connectivity index (χ0n) is 18.2. The van der Waals surface area contributed by atoms with Crippen LogP contribution in [0.15, 0.2) is 36.5 Å². The summed E-state index contributed by atoms with van der Waals surface area (Å²) >= 11 is 12.3. The van der Waals surface area contributed by atoms with Gasteiger partial charge in [0, 0.05) is 29.6 Å². The van der Waals surface area contributed by atoms with Crippen molar-refractivity contribution in [3.05, 3.63) is 52.1 Å². The highest BCUT2D eigenvalue weighted by Crippen LogP contribution is 2.38. The van der Waals surface area contributed by atoms with Gasteiger partial charge in [0.25, 0.3) is 0 Å². The number of nitrogens with zero attached hydrogens (tertiary/aromatic N) is 1. The van der Waals surface area contributed by atoms with Crippen LogP contribution >= 0.6 is 23.2 Å². The van der Waals surface area contributed by atoms with E-state index >= 15 is 0 Å². The largest absolute Gasteiger partial charge is 0.505 e. The van der Waals surface area contributed by atoms with Gasteiger partial charge >= 0.3 is 0 Å². The molecule has 0 radical (unpaired) electrons. The molecule has 0 amide bonds. The van der Waals surface area contributed by atoms with Crippen molar-refractivity contribution >= 4 is 45.6 Å². The van der Waals surface area contributed by atoms with Crippen LogP contribution < -0.4 is 11.1 Å². The maximum Gasteiger partial charge on any atom is 0.169 e. The van der Waals surface area contributed by atoms with E-state index in [0.717, 1.165) is 53.4 Å². The molecule has 0 atom stereocenters. The van der Waals surface area contributed by atoms with E-state index < -0.39 is 0 Å². The number of fused-ring (bicyclic) bond motifs is 1. The Morgan fingerprint density at radius 3 is 2.38 bits per heavy atom. The summed E-state index contributed by atoms with van der Waals surface area (Å²) in [6, 6.07) is 9.70. The summed E-state index contributed by atoms with van der Waals surface area (Å²) in [6.45, 7) is 3.79. The smallest absolute Gasteiger partial charge is 0.169 e. The standard InChI is InChI=1S/C25H27Cl2N3O2/c1-13(2)24(31)19-12-29-22-8-3-14(15-10-20(26)25(32)21(27)11-15)9-18(22)23(19)30-17-6-4-16(28)5-7-17/h3,8-13,16-17,32H,4-7,28H2,1-2H3,(H,29,30)/t16-,17-. The number of halogens is 2. The van der Waals surface area contributed by atoms with Gasteiger partial charge in [-0.05, 0) is 61.1 Å². The molecule has 0 saturated heterocycles. The number of phenolic OH excluding ortho intramolecular Hbond substituents is 1. The number of nitrogens with one attached hydrogen (secondary N) is 1. The zero-order chi connectivity index (χ0) is 23.0. The molecular formula is C25H27Cl2N3O2. The summed E-state index contributed by atoms with van der Waals surface area (Å²) in [5, 5.41) is 14.8. The molecule has 0 aliphatic heterocycles. The number of aromatic nitrogens is 1. The van der Waals surface area contributed by atoms with Gasteiger partial charge < -0.3 is 16.2 Å². The van der Waals surface area contributed by atoms with Crippen LogP contribution in [0.3, 0.4) is 0 Å². The third kappa shape index (κ3) is 4.56. The number of hydrogen-bond acceptors (Lipinski definition) is 5. The van der Waals surface area contributed by atoms with Crippen molar-refractivity contribution in [3.63, 3.8) is 0 Å². The number of anilines is 1. The molecule has 0 spiro atoms. The second-order valence-electron chi connectivity index (χ2n) is 8.84. The van der Waals surface area contributed by atoms with Crippen molar-refractivity contribution < 1.29 is 9.90 Å². The quantitative estimate of drug-likeness (QED) is 0.372. The van der Waals surface area contributed by atoms with Crippen LogP contribution in [0.5, 0.6) is 5.75 Å². The number of carbonyl (C=O) groups excluding carboxylic acids is 1. The summed E-state index contributed by atoms with van der Waals surface area (Å²) < 4.78 is 0. The molecule has 1 aromatic heterocycles. The molecule has 3 aromatic rings. The normalized spacial score (nSPS) is 18.8. The first-order chi connectivity index (χ1) is 15.2. The Bertz CT molecular complexity index is 1150. The predicted molar refractivity (Wildman–Crippen MR) is 132 cm³/mol. The number of Topliss-reactive ketones (excluding diaryl/α,β-unsaturated/α-hetero) is 1. The molecule has 1 fully saturated rings. The SMILES string of the molecule is CC(C)C(=O)c1cnc2ccc(-c3cc(Cl)c(O)c(Cl)c3)cc2c1N[C@H]1CC[C@H](N)CC1. The number of aromatic hydroxyl groups is 1. The fourth-order valence-corrected chi connectivity index (χ4v) is 4.71. The summed E-state index contributed by atoms with van der Waals surface area (Å²) in [5.74, 6) is -0.231. The van der Waals surface area contributed by atoms with Gasteiger partial charge in [-0.25, -0.2) is 0 Å². The van der Waals surface area contributed by atoms with Gasteiger partial charge in [0.05, 0.1) is 26.8 Å². The molecule has 2 aromatic carbocycles. The number of benzene rings is 2. The molecule has 0 unspecified atom stereocenters. The fraction of sp³-hybridized carbons (Fsp3) is 0.360. The van der Waals surface area contributed by atoms with Gasteiger partial charge in [-0.15, -0.1) is 0 Å². The van der Waals surface area contributed by atoms with E-state index in [9.17, 15) is 9.90 Å². The zero-order valence-corrected chi connectivity index (χ0v) is 19.7. The van der Waals surface area contributed by atoms with Crippen LogP contribution in [0.25, 0.3) is 22.0 Å². The van der Waals surface area contributed by atoms with Crippen molar-refractivity contribution in [2.75, 3.05) is 5.32 Å². The van der Waals surface area contributed by atoms with Crippen LogP contribution in [0, 0.1) is 5.92 Å². The molecule has 4 N–H and O–H groups in total. The second kappa shape index (κ2) is 9.26. The number of nitrogens with two attached hydrogens (primary N) is 1. The maximum atomic E-state index is 13.0. The van der Waals surface area contributed by atoms with E-state index in [1.54, 1.807) is 18.3 Å². The predicted octanol–water partition coefficient (Wildman–Crippen LogP) is 6.43. The second-order valence-corrected chi connectivity index (χ2v) is 9.66. The third-order valence-corrected chi connectivity index (χ3v) is 6.70.